The van der Waals surface area contributed by atoms with E-state index in [0.29, 0.717) is 12.8 Å². The average Bonchev–Trinajstić information content (AvgIpc) is 2.89. The first kappa shape index (κ1) is 38.2. The van der Waals surface area contributed by atoms with Gasteiger partial charge in [0.25, 0.3) is 0 Å². The van der Waals surface area contributed by atoms with Gasteiger partial charge in [0.05, 0.1) is 13.7 Å². The van der Waals surface area contributed by atoms with E-state index in [9.17, 15) is 28.8 Å². The fourth-order valence-corrected chi connectivity index (χ4v) is 3.57. The molecule has 0 rings (SSSR count). The van der Waals surface area contributed by atoms with Gasteiger partial charge in [-0.3, -0.25) is 19.2 Å². The van der Waals surface area contributed by atoms with E-state index in [1.807, 2.05) is 20.8 Å². The van der Waals surface area contributed by atoms with Crippen LogP contribution < -0.4 is 26.6 Å². The number of hydrogen-bond donors (Lipinski definition) is 5. The zero-order valence-corrected chi connectivity index (χ0v) is 26.4. The van der Waals surface area contributed by atoms with Crippen molar-refractivity contribution in [3.05, 3.63) is 0 Å². The zero-order chi connectivity index (χ0) is 32.5. The van der Waals surface area contributed by atoms with Gasteiger partial charge >= 0.3 is 12.1 Å². The molecule has 5 N–H and O–H groups in total. The molecule has 0 aromatic rings. The monoisotopic (exact) mass is 595 g/mol. The SMILES string of the molecule is CC#CC[C@H](NC(=O)CNC(=O)[C@H](CCCC)NC(=O)[C@H](CC(C)C)NC(=O)[C@H](C)NC(=O)OC(C)(C)C)C(=O)OC. The number of methoxy groups -OCH3 is 1. The van der Waals surface area contributed by atoms with E-state index in [0.717, 1.165) is 6.42 Å². The lowest BCUT2D eigenvalue weighted by molar-refractivity contribution is -0.144. The first-order valence-corrected chi connectivity index (χ1v) is 14.2. The molecule has 42 heavy (non-hydrogen) atoms. The predicted molar refractivity (Wildman–Crippen MR) is 157 cm³/mol. The minimum absolute atomic E-state index is 0.0157. The van der Waals surface area contributed by atoms with Crippen LogP contribution in [-0.2, 0) is 33.4 Å². The molecular formula is C29H49N5O8. The molecule has 4 atom stereocenters. The summed E-state index contributed by atoms with van der Waals surface area (Å²) in [5.74, 6) is 2.29. The Morgan fingerprint density at radius 2 is 1.45 bits per heavy atom. The molecule has 0 saturated carbocycles. The van der Waals surface area contributed by atoms with Gasteiger partial charge in [-0.2, -0.15) is 0 Å². The van der Waals surface area contributed by atoms with Crippen LogP contribution in [0.5, 0.6) is 0 Å². The molecule has 238 valence electrons. The molecule has 13 nitrogen and oxygen atoms in total. The molecule has 0 aliphatic rings. The van der Waals surface area contributed by atoms with Crippen molar-refractivity contribution in [2.45, 2.75) is 117 Å². The van der Waals surface area contributed by atoms with Crippen LogP contribution in [0.3, 0.4) is 0 Å². The maximum Gasteiger partial charge on any atom is 0.408 e. The van der Waals surface area contributed by atoms with E-state index < -0.39 is 72.0 Å². The Labute approximate surface area is 249 Å². The molecule has 0 saturated heterocycles. The van der Waals surface area contributed by atoms with Crippen LogP contribution in [0.1, 0.15) is 87.5 Å². The quantitative estimate of drug-likeness (QED) is 0.131. The Morgan fingerprint density at radius 3 is 1.98 bits per heavy atom. The van der Waals surface area contributed by atoms with Crippen molar-refractivity contribution in [1.29, 1.82) is 0 Å². The molecule has 0 aliphatic carbocycles. The van der Waals surface area contributed by atoms with Gasteiger partial charge in [0.15, 0.2) is 0 Å². The second-order valence-corrected chi connectivity index (χ2v) is 11.3. The highest BCUT2D eigenvalue weighted by Gasteiger charge is 2.30. The molecule has 13 heteroatoms. The Hall–Kier alpha value is -3.82. The lowest BCUT2D eigenvalue weighted by atomic mass is 10.0. The van der Waals surface area contributed by atoms with E-state index in [-0.39, 0.29) is 18.8 Å². The first-order chi connectivity index (χ1) is 19.5. The van der Waals surface area contributed by atoms with Gasteiger partial charge in [-0.15, -0.1) is 11.8 Å². The number of rotatable bonds is 16. The van der Waals surface area contributed by atoms with E-state index in [1.165, 1.54) is 14.0 Å². The molecule has 0 aromatic carbocycles. The normalized spacial score (nSPS) is 13.7. The Bertz CT molecular complexity index is 996. The summed E-state index contributed by atoms with van der Waals surface area (Å²) < 4.78 is 9.86. The molecule has 0 bridgehead atoms. The first-order valence-electron chi connectivity index (χ1n) is 14.2. The highest BCUT2D eigenvalue weighted by atomic mass is 16.6. The summed E-state index contributed by atoms with van der Waals surface area (Å²) in [7, 11) is 1.19. The van der Waals surface area contributed by atoms with Gasteiger partial charge in [-0.1, -0.05) is 33.6 Å². The van der Waals surface area contributed by atoms with Crippen LogP contribution in [0.2, 0.25) is 0 Å². The molecule has 0 radical (unpaired) electrons. The van der Waals surface area contributed by atoms with E-state index in [4.69, 9.17) is 4.74 Å². The third-order valence-corrected chi connectivity index (χ3v) is 5.67. The summed E-state index contributed by atoms with van der Waals surface area (Å²) in [6.07, 6.45) is 1.21. The highest BCUT2D eigenvalue weighted by Crippen LogP contribution is 2.09. The van der Waals surface area contributed by atoms with Crippen molar-refractivity contribution in [2.75, 3.05) is 13.7 Å². The third-order valence-electron chi connectivity index (χ3n) is 5.67. The van der Waals surface area contributed by atoms with Crippen molar-refractivity contribution in [2.24, 2.45) is 5.92 Å². The number of ether oxygens (including phenoxy) is 2. The van der Waals surface area contributed by atoms with Crippen LogP contribution in [0.4, 0.5) is 4.79 Å². The number of alkyl carbamates (subject to hydrolysis) is 1. The van der Waals surface area contributed by atoms with Crippen molar-refractivity contribution in [3.8, 4) is 11.8 Å². The summed E-state index contributed by atoms with van der Waals surface area (Å²) in [6.45, 7) is 13.4. The highest BCUT2D eigenvalue weighted by molar-refractivity contribution is 5.95. The third kappa shape index (κ3) is 16.4. The maximum absolute atomic E-state index is 13.3. The second-order valence-electron chi connectivity index (χ2n) is 11.3. The van der Waals surface area contributed by atoms with Crippen LogP contribution in [0, 0.1) is 17.8 Å². The van der Waals surface area contributed by atoms with Crippen molar-refractivity contribution < 1.29 is 38.2 Å². The van der Waals surface area contributed by atoms with Gasteiger partial charge in [0.1, 0.15) is 29.8 Å². The zero-order valence-electron chi connectivity index (χ0n) is 26.4. The Morgan fingerprint density at radius 1 is 0.833 bits per heavy atom. The van der Waals surface area contributed by atoms with Gasteiger partial charge in [0, 0.05) is 6.42 Å². The van der Waals surface area contributed by atoms with Crippen molar-refractivity contribution in [3.63, 3.8) is 0 Å². The number of esters is 1. The van der Waals surface area contributed by atoms with Gasteiger partial charge in [-0.25, -0.2) is 9.59 Å². The number of nitrogens with one attached hydrogen (secondary N) is 5. The van der Waals surface area contributed by atoms with E-state index in [2.05, 4.69) is 43.2 Å². The number of carbonyl (C=O) groups is 6. The van der Waals surface area contributed by atoms with Crippen molar-refractivity contribution in [1.82, 2.24) is 26.6 Å². The summed E-state index contributed by atoms with van der Waals surface area (Å²) >= 11 is 0. The lowest BCUT2D eigenvalue weighted by Gasteiger charge is -2.26. The molecule has 0 unspecified atom stereocenters. The predicted octanol–water partition coefficient (Wildman–Crippen LogP) is 1.29. The molecular weight excluding hydrogens is 546 g/mol. The second kappa shape index (κ2) is 19.3. The number of hydrogen-bond acceptors (Lipinski definition) is 8. The number of amides is 5. The molecule has 0 heterocycles. The van der Waals surface area contributed by atoms with Crippen molar-refractivity contribution >= 4 is 35.7 Å². The molecule has 0 fully saturated rings. The summed E-state index contributed by atoms with van der Waals surface area (Å²) in [5, 5.41) is 12.7. The molecule has 5 amide bonds. The Kier molecular flexibility index (Phi) is 17.6. The fourth-order valence-electron chi connectivity index (χ4n) is 3.57. The van der Waals surface area contributed by atoms with Gasteiger partial charge < -0.3 is 36.1 Å². The summed E-state index contributed by atoms with van der Waals surface area (Å²) in [5.41, 5.74) is -0.748. The minimum atomic E-state index is -0.991. The van der Waals surface area contributed by atoms with Crippen LogP contribution >= 0.6 is 0 Å². The summed E-state index contributed by atoms with van der Waals surface area (Å²) in [6, 6.07) is -3.94. The Balaban J connectivity index is 5.41. The topological polar surface area (TPSA) is 181 Å². The molecule has 0 aromatic heterocycles. The van der Waals surface area contributed by atoms with Crippen LogP contribution in [-0.4, -0.2) is 79.1 Å². The smallest absolute Gasteiger partial charge is 0.408 e. The van der Waals surface area contributed by atoms with E-state index >= 15 is 0 Å². The lowest BCUT2D eigenvalue weighted by Crippen LogP contribution is -2.57. The number of unbranched alkanes of at least 4 members (excludes halogenated alkanes) is 1. The van der Waals surface area contributed by atoms with Gasteiger partial charge in [-0.05, 0) is 53.4 Å². The van der Waals surface area contributed by atoms with Crippen LogP contribution in [0.15, 0.2) is 0 Å². The standard InChI is InChI=1S/C29H49N5O8/c1-10-12-14-20(25(37)30-17-23(35)32-21(15-13-11-2)27(39)41-9)33-26(38)22(16-18(3)4)34-24(36)19(5)31-28(40)42-29(6,7)8/h18-22H,10,12,14-17H2,1-9H3,(H,30,37)(H,31,40)(H,32,35)(H,33,38)(H,34,36)/t19-,20-,21-,22-/m0/s1. The van der Waals surface area contributed by atoms with Gasteiger partial charge in [0.2, 0.25) is 23.6 Å². The molecule has 0 spiro atoms. The average molecular weight is 596 g/mol. The molecule has 0 aliphatic heterocycles. The summed E-state index contributed by atoms with van der Waals surface area (Å²) in [4.78, 5) is 75.4. The maximum atomic E-state index is 13.3. The fraction of sp³-hybridized carbons (Fsp3) is 0.724. The largest absolute Gasteiger partial charge is 0.467 e. The van der Waals surface area contributed by atoms with E-state index in [1.54, 1.807) is 27.7 Å². The van der Waals surface area contributed by atoms with Crippen LogP contribution in [0.25, 0.3) is 0 Å². The number of carbonyl (C=O) groups excluding carboxylic acids is 6. The minimum Gasteiger partial charge on any atom is -0.467 e.